The molecule has 2 nitrogen and oxygen atoms in total. The molecule has 1 heterocycles. The van der Waals surface area contributed by atoms with Gasteiger partial charge in [0.1, 0.15) is 5.69 Å². The third-order valence-corrected chi connectivity index (χ3v) is 1.79. The van der Waals surface area contributed by atoms with Crippen LogP contribution in [0.3, 0.4) is 0 Å². The maximum atomic E-state index is 12.3. The second kappa shape index (κ2) is 3.24. The van der Waals surface area contributed by atoms with Gasteiger partial charge in [-0.25, -0.2) is 0 Å². The molecule has 0 radical (unpaired) electrons. The normalized spacial score (nSPS) is 13.0. The molecule has 1 aromatic rings. The Kier molecular flexibility index (Phi) is 2.54. The number of aromatic nitrogens is 1. The van der Waals surface area contributed by atoms with Crippen LogP contribution in [0.4, 0.5) is 13.2 Å². The van der Waals surface area contributed by atoms with Gasteiger partial charge in [-0.05, 0) is 31.5 Å². The maximum Gasteiger partial charge on any atom is 0.433 e. The van der Waals surface area contributed by atoms with Gasteiger partial charge < -0.3 is 5.73 Å². The number of pyridine rings is 1. The van der Waals surface area contributed by atoms with E-state index in [0.717, 1.165) is 12.3 Å². The Hall–Kier alpha value is -1.10. The Bertz CT molecular complexity index is 296. The minimum atomic E-state index is -4.42. The largest absolute Gasteiger partial charge is 0.433 e. The molecule has 0 amide bonds. The molecule has 0 aromatic carbocycles. The number of nitrogens with two attached hydrogens (primary N) is 1. The summed E-state index contributed by atoms with van der Waals surface area (Å²) >= 11 is 0. The SMILES string of the molecule is CC(C)(N)c1ccnc(C(F)(F)F)c1. The number of hydrogen-bond acceptors (Lipinski definition) is 2. The molecule has 0 unspecified atom stereocenters. The molecule has 2 N–H and O–H groups in total. The summed E-state index contributed by atoms with van der Waals surface area (Å²) < 4.78 is 36.8. The zero-order valence-corrected chi connectivity index (χ0v) is 7.89. The second-order valence-electron chi connectivity index (χ2n) is 3.65. The number of halogens is 3. The van der Waals surface area contributed by atoms with Gasteiger partial charge in [0.2, 0.25) is 0 Å². The van der Waals surface area contributed by atoms with Crippen LogP contribution in [-0.2, 0) is 11.7 Å². The molecular weight excluding hydrogens is 193 g/mol. The summed E-state index contributed by atoms with van der Waals surface area (Å²) in [6.07, 6.45) is -3.30. The summed E-state index contributed by atoms with van der Waals surface area (Å²) in [5.74, 6) is 0. The topological polar surface area (TPSA) is 38.9 Å². The fourth-order valence-corrected chi connectivity index (χ4v) is 0.986. The molecule has 1 rings (SSSR count). The van der Waals surface area contributed by atoms with Crippen LogP contribution in [0.15, 0.2) is 18.3 Å². The highest BCUT2D eigenvalue weighted by atomic mass is 19.4. The fourth-order valence-electron chi connectivity index (χ4n) is 0.986. The first kappa shape index (κ1) is 11.0. The minimum absolute atomic E-state index is 0.417. The summed E-state index contributed by atoms with van der Waals surface area (Å²) in [7, 11) is 0. The lowest BCUT2D eigenvalue weighted by Gasteiger charge is -2.19. The van der Waals surface area contributed by atoms with Crippen LogP contribution in [0.25, 0.3) is 0 Å². The molecule has 0 aliphatic carbocycles. The van der Waals surface area contributed by atoms with E-state index in [1.54, 1.807) is 13.8 Å². The lowest BCUT2D eigenvalue weighted by Crippen LogP contribution is -2.29. The zero-order valence-electron chi connectivity index (χ0n) is 7.89. The lowest BCUT2D eigenvalue weighted by molar-refractivity contribution is -0.141. The van der Waals surface area contributed by atoms with Crippen molar-refractivity contribution >= 4 is 0 Å². The van der Waals surface area contributed by atoms with Crippen molar-refractivity contribution in [3.63, 3.8) is 0 Å². The van der Waals surface area contributed by atoms with Crippen LogP contribution >= 0.6 is 0 Å². The van der Waals surface area contributed by atoms with Gasteiger partial charge in [0.15, 0.2) is 0 Å². The monoisotopic (exact) mass is 204 g/mol. The van der Waals surface area contributed by atoms with Gasteiger partial charge in [-0.2, -0.15) is 13.2 Å². The summed E-state index contributed by atoms with van der Waals surface area (Å²) in [5.41, 5.74) is 4.39. The number of hydrogen-bond donors (Lipinski definition) is 1. The highest BCUT2D eigenvalue weighted by Crippen LogP contribution is 2.29. The molecule has 0 aliphatic rings. The first-order chi connectivity index (χ1) is 6.21. The quantitative estimate of drug-likeness (QED) is 0.762. The number of rotatable bonds is 1. The zero-order chi connectivity index (χ0) is 11.0. The summed E-state index contributed by atoms with van der Waals surface area (Å²) in [6, 6.07) is 2.45. The Labute approximate surface area is 79.9 Å². The summed E-state index contributed by atoms with van der Waals surface area (Å²) in [6.45, 7) is 3.28. The van der Waals surface area contributed by atoms with E-state index in [9.17, 15) is 13.2 Å². The van der Waals surface area contributed by atoms with Gasteiger partial charge in [-0.3, -0.25) is 4.98 Å². The summed E-state index contributed by atoms with van der Waals surface area (Å²) in [4.78, 5) is 3.24. The van der Waals surface area contributed by atoms with Crippen molar-refractivity contribution < 1.29 is 13.2 Å². The summed E-state index contributed by atoms with van der Waals surface area (Å²) in [5, 5.41) is 0. The minimum Gasteiger partial charge on any atom is -0.322 e. The molecule has 14 heavy (non-hydrogen) atoms. The Morgan fingerprint density at radius 3 is 2.29 bits per heavy atom. The van der Waals surface area contributed by atoms with Crippen LogP contribution in [0.1, 0.15) is 25.1 Å². The van der Waals surface area contributed by atoms with Crippen molar-refractivity contribution in [2.24, 2.45) is 5.73 Å². The molecule has 0 saturated carbocycles. The molecule has 0 bridgehead atoms. The third-order valence-electron chi connectivity index (χ3n) is 1.79. The van der Waals surface area contributed by atoms with Gasteiger partial charge in [0, 0.05) is 11.7 Å². The van der Waals surface area contributed by atoms with E-state index in [-0.39, 0.29) is 0 Å². The Balaban J connectivity index is 3.15. The van der Waals surface area contributed by atoms with Crippen molar-refractivity contribution in [3.05, 3.63) is 29.6 Å². The van der Waals surface area contributed by atoms with E-state index < -0.39 is 17.4 Å². The smallest absolute Gasteiger partial charge is 0.322 e. The van der Waals surface area contributed by atoms with Crippen molar-refractivity contribution in [2.75, 3.05) is 0 Å². The lowest BCUT2D eigenvalue weighted by atomic mass is 9.96. The van der Waals surface area contributed by atoms with Gasteiger partial charge >= 0.3 is 6.18 Å². The van der Waals surface area contributed by atoms with Crippen LogP contribution in [-0.4, -0.2) is 4.98 Å². The highest BCUT2D eigenvalue weighted by Gasteiger charge is 2.33. The Morgan fingerprint density at radius 2 is 1.86 bits per heavy atom. The Morgan fingerprint density at radius 1 is 1.29 bits per heavy atom. The van der Waals surface area contributed by atoms with Crippen molar-refractivity contribution in [3.8, 4) is 0 Å². The van der Waals surface area contributed by atoms with Gasteiger partial charge in [0.05, 0.1) is 0 Å². The molecule has 0 aliphatic heterocycles. The molecule has 0 atom stereocenters. The molecule has 78 valence electrons. The fraction of sp³-hybridized carbons (Fsp3) is 0.444. The second-order valence-corrected chi connectivity index (χ2v) is 3.65. The van der Waals surface area contributed by atoms with Gasteiger partial charge in [-0.15, -0.1) is 0 Å². The van der Waals surface area contributed by atoms with Gasteiger partial charge in [0.25, 0.3) is 0 Å². The molecule has 0 fully saturated rings. The first-order valence-electron chi connectivity index (χ1n) is 4.04. The van der Waals surface area contributed by atoms with E-state index in [1.807, 2.05) is 0 Å². The maximum absolute atomic E-state index is 12.3. The van der Waals surface area contributed by atoms with E-state index in [1.165, 1.54) is 6.07 Å². The molecule has 0 saturated heterocycles. The van der Waals surface area contributed by atoms with Crippen LogP contribution in [0.5, 0.6) is 0 Å². The van der Waals surface area contributed by atoms with Crippen LogP contribution in [0.2, 0.25) is 0 Å². The van der Waals surface area contributed by atoms with Crippen molar-refractivity contribution in [1.82, 2.24) is 4.98 Å². The van der Waals surface area contributed by atoms with Crippen LogP contribution < -0.4 is 5.73 Å². The third kappa shape index (κ3) is 2.45. The van der Waals surface area contributed by atoms with Crippen molar-refractivity contribution in [1.29, 1.82) is 0 Å². The highest BCUT2D eigenvalue weighted by molar-refractivity contribution is 5.24. The van der Waals surface area contributed by atoms with Gasteiger partial charge in [-0.1, -0.05) is 0 Å². The van der Waals surface area contributed by atoms with E-state index in [2.05, 4.69) is 4.98 Å². The van der Waals surface area contributed by atoms with E-state index in [4.69, 9.17) is 5.73 Å². The molecule has 5 heteroatoms. The van der Waals surface area contributed by atoms with Crippen molar-refractivity contribution in [2.45, 2.75) is 25.6 Å². The number of alkyl halides is 3. The average molecular weight is 204 g/mol. The standard InChI is InChI=1S/C9H11F3N2/c1-8(2,13)6-3-4-14-7(5-6)9(10,11)12/h3-5H,13H2,1-2H3. The molecule has 0 spiro atoms. The first-order valence-corrected chi connectivity index (χ1v) is 4.04. The van der Waals surface area contributed by atoms with Crippen LogP contribution in [0, 0.1) is 0 Å². The average Bonchev–Trinajstić information content (AvgIpc) is 2.01. The molecule has 1 aromatic heterocycles. The van der Waals surface area contributed by atoms with E-state index >= 15 is 0 Å². The molecular formula is C9H11F3N2. The van der Waals surface area contributed by atoms with E-state index in [0.29, 0.717) is 5.56 Å². The predicted molar refractivity (Wildman–Crippen MR) is 46.5 cm³/mol. The predicted octanol–water partition coefficient (Wildman–Crippen LogP) is 2.29. The number of nitrogens with zero attached hydrogens (tertiary/aromatic N) is 1.